The molecule has 0 spiro atoms. The summed E-state index contributed by atoms with van der Waals surface area (Å²) in [5.74, 6) is -0.458. The van der Waals surface area contributed by atoms with E-state index in [4.69, 9.17) is 4.74 Å². The summed E-state index contributed by atoms with van der Waals surface area (Å²) in [6, 6.07) is 0. The van der Waals surface area contributed by atoms with Crippen molar-refractivity contribution in [3.63, 3.8) is 0 Å². The Kier molecular flexibility index (Phi) is 5.78. The SMILES string of the molecule is C=CC(C)C(CC1C(C)(O)C(=O)CC2C(C)(C)CCCC21C)OC(C)=O. The topological polar surface area (TPSA) is 63.6 Å². The van der Waals surface area contributed by atoms with Crippen molar-refractivity contribution in [3.05, 3.63) is 12.7 Å². The van der Waals surface area contributed by atoms with E-state index in [0.717, 1.165) is 19.3 Å². The number of hydrogen-bond donors (Lipinski definition) is 1. The molecule has 2 aliphatic rings. The third kappa shape index (κ3) is 3.62. The Bertz CT molecular complexity index is 577. The van der Waals surface area contributed by atoms with E-state index in [1.807, 2.05) is 6.92 Å². The predicted molar refractivity (Wildman–Crippen MR) is 102 cm³/mol. The minimum absolute atomic E-state index is 0.0367. The standard InChI is InChI=1S/C22H36O4/c1-8-14(2)16(26-15(3)23)12-18-21(6)11-9-10-20(4,5)17(21)13-19(24)22(18,7)25/h8,14,16-18,25H,1,9-13H2,2-7H3. The lowest BCUT2D eigenvalue weighted by Gasteiger charge is -2.60. The van der Waals surface area contributed by atoms with E-state index in [2.05, 4.69) is 27.4 Å². The van der Waals surface area contributed by atoms with E-state index in [-0.39, 0.29) is 46.4 Å². The highest BCUT2D eigenvalue weighted by molar-refractivity contribution is 5.88. The van der Waals surface area contributed by atoms with Crippen LogP contribution in [-0.4, -0.2) is 28.6 Å². The molecule has 6 atom stereocenters. The number of esters is 1. The zero-order chi connectivity index (χ0) is 19.9. The van der Waals surface area contributed by atoms with Crippen LogP contribution in [0.15, 0.2) is 12.7 Å². The van der Waals surface area contributed by atoms with E-state index in [1.54, 1.807) is 13.0 Å². The maximum absolute atomic E-state index is 12.9. The first-order valence-corrected chi connectivity index (χ1v) is 9.91. The molecular weight excluding hydrogens is 328 g/mol. The van der Waals surface area contributed by atoms with Gasteiger partial charge in [0.2, 0.25) is 0 Å². The summed E-state index contributed by atoms with van der Waals surface area (Å²) in [6.45, 7) is 15.6. The molecule has 2 fully saturated rings. The van der Waals surface area contributed by atoms with E-state index in [0.29, 0.717) is 12.8 Å². The van der Waals surface area contributed by atoms with Crippen molar-refractivity contribution >= 4 is 11.8 Å². The lowest BCUT2D eigenvalue weighted by atomic mass is 9.44. The van der Waals surface area contributed by atoms with Gasteiger partial charge in [-0.25, -0.2) is 0 Å². The van der Waals surface area contributed by atoms with Gasteiger partial charge in [-0.05, 0) is 42.9 Å². The number of rotatable bonds is 5. The first-order chi connectivity index (χ1) is 11.9. The van der Waals surface area contributed by atoms with Crippen molar-refractivity contribution in [2.45, 2.75) is 85.4 Å². The van der Waals surface area contributed by atoms with Crippen molar-refractivity contribution in [1.29, 1.82) is 0 Å². The number of carbonyl (C=O) groups excluding carboxylic acids is 2. The molecule has 26 heavy (non-hydrogen) atoms. The Labute approximate surface area is 158 Å². The van der Waals surface area contributed by atoms with Crippen molar-refractivity contribution < 1.29 is 19.4 Å². The van der Waals surface area contributed by atoms with Crippen molar-refractivity contribution in [2.75, 3.05) is 0 Å². The van der Waals surface area contributed by atoms with E-state index in [9.17, 15) is 14.7 Å². The van der Waals surface area contributed by atoms with Crippen LogP contribution in [0.4, 0.5) is 0 Å². The minimum atomic E-state index is -1.39. The van der Waals surface area contributed by atoms with Crippen LogP contribution in [0.25, 0.3) is 0 Å². The van der Waals surface area contributed by atoms with Crippen molar-refractivity contribution in [2.24, 2.45) is 28.6 Å². The van der Waals surface area contributed by atoms with Gasteiger partial charge in [0.05, 0.1) is 0 Å². The monoisotopic (exact) mass is 364 g/mol. The summed E-state index contributed by atoms with van der Waals surface area (Å²) in [7, 11) is 0. The summed E-state index contributed by atoms with van der Waals surface area (Å²) < 4.78 is 5.58. The Morgan fingerprint density at radius 3 is 2.50 bits per heavy atom. The second-order valence-corrected chi connectivity index (χ2v) is 9.71. The third-order valence-electron chi connectivity index (χ3n) is 7.45. The van der Waals surface area contributed by atoms with Gasteiger partial charge in [-0.1, -0.05) is 40.2 Å². The van der Waals surface area contributed by atoms with Gasteiger partial charge in [-0.3, -0.25) is 9.59 Å². The average molecular weight is 365 g/mol. The zero-order valence-electron chi connectivity index (χ0n) is 17.3. The fraction of sp³-hybridized carbons (Fsp3) is 0.818. The Morgan fingerprint density at radius 1 is 1.35 bits per heavy atom. The number of hydrogen-bond acceptors (Lipinski definition) is 4. The quantitative estimate of drug-likeness (QED) is 0.583. The molecule has 148 valence electrons. The Balaban J connectivity index is 2.44. The van der Waals surface area contributed by atoms with Crippen LogP contribution in [0.3, 0.4) is 0 Å². The molecule has 0 saturated heterocycles. The lowest BCUT2D eigenvalue weighted by Crippen LogP contribution is -2.62. The average Bonchev–Trinajstić information content (AvgIpc) is 2.51. The lowest BCUT2D eigenvalue weighted by molar-refractivity contribution is -0.189. The Hall–Kier alpha value is -1.16. The molecule has 1 N–H and O–H groups in total. The summed E-state index contributed by atoms with van der Waals surface area (Å²) in [5.41, 5.74) is -1.48. The van der Waals surface area contributed by atoms with E-state index in [1.165, 1.54) is 6.92 Å². The molecule has 0 aliphatic heterocycles. The van der Waals surface area contributed by atoms with E-state index >= 15 is 0 Å². The van der Waals surface area contributed by atoms with Crippen molar-refractivity contribution in [1.82, 2.24) is 0 Å². The maximum Gasteiger partial charge on any atom is 0.302 e. The molecule has 0 aromatic rings. The number of fused-ring (bicyclic) bond motifs is 1. The molecule has 2 saturated carbocycles. The van der Waals surface area contributed by atoms with Gasteiger partial charge < -0.3 is 9.84 Å². The zero-order valence-corrected chi connectivity index (χ0v) is 17.3. The van der Waals surface area contributed by atoms with Crippen LogP contribution in [-0.2, 0) is 14.3 Å². The largest absolute Gasteiger partial charge is 0.462 e. The highest BCUT2D eigenvalue weighted by atomic mass is 16.5. The smallest absolute Gasteiger partial charge is 0.302 e. The first-order valence-electron chi connectivity index (χ1n) is 9.91. The number of carbonyl (C=O) groups is 2. The summed E-state index contributed by atoms with van der Waals surface area (Å²) in [6.07, 6.45) is 5.50. The molecule has 4 nitrogen and oxygen atoms in total. The van der Waals surface area contributed by atoms with Crippen LogP contribution in [0.1, 0.15) is 73.6 Å². The van der Waals surface area contributed by atoms with Gasteiger partial charge in [0.1, 0.15) is 11.7 Å². The van der Waals surface area contributed by atoms with Crippen LogP contribution in [0.5, 0.6) is 0 Å². The molecule has 4 heteroatoms. The fourth-order valence-electron chi connectivity index (χ4n) is 5.79. The van der Waals surface area contributed by atoms with Crippen LogP contribution >= 0.6 is 0 Å². The molecule has 0 aromatic heterocycles. The molecule has 2 aliphatic carbocycles. The second-order valence-electron chi connectivity index (χ2n) is 9.71. The van der Waals surface area contributed by atoms with Gasteiger partial charge in [-0.2, -0.15) is 0 Å². The summed E-state index contributed by atoms with van der Waals surface area (Å²) in [5, 5.41) is 11.2. The molecule has 0 heterocycles. The van der Waals surface area contributed by atoms with Crippen LogP contribution < -0.4 is 0 Å². The van der Waals surface area contributed by atoms with Crippen LogP contribution in [0, 0.1) is 28.6 Å². The maximum atomic E-state index is 12.9. The summed E-state index contributed by atoms with van der Waals surface area (Å²) >= 11 is 0. The van der Waals surface area contributed by atoms with Gasteiger partial charge in [0.15, 0.2) is 5.78 Å². The van der Waals surface area contributed by atoms with Crippen molar-refractivity contribution in [3.8, 4) is 0 Å². The summed E-state index contributed by atoms with van der Waals surface area (Å²) in [4.78, 5) is 24.5. The van der Waals surface area contributed by atoms with Gasteiger partial charge in [0, 0.05) is 25.2 Å². The minimum Gasteiger partial charge on any atom is -0.462 e. The fourth-order valence-corrected chi connectivity index (χ4v) is 5.79. The molecule has 0 aromatic carbocycles. The normalized spacial score (nSPS) is 38.8. The first kappa shape index (κ1) is 21.1. The predicted octanol–water partition coefficient (Wildman–Crippen LogP) is 4.30. The van der Waals surface area contributed by atoms with Gasteiger partial charge in [-0.15, -0.1) is 6.58 Å². The molecule has 0 bridgehead atoms. The van der Waals surface area contributed by atoms with Gasteiger partial charge in [0.25, 0.3) is 0 Å². The van der Waals surface area contributed by atoms with E-state index < -0.39 is 5.60 Å². The number of aliphatic hydroxyl groups is 1. The highest BCUT2D eigenvalue weighted by Gasteiger charge is 2.61. The molecule has 6 unspecified atom stereocenters. The molecular formula is C22H36O4. The third-order valence-corrected chi connectivity index (χ3v) is 7.45. The van der Waals surface area contributed by atoms with Crippen LogP contribution in [0.2, 0.25) is 0 Å². The Morgan fingerprint density at radius 2 is 1.96 bits per heavy atom. The highest BCUT2D eigenvalue weighted by Crippen LogP contribution is 2.62. The number of ketones is 1. The molecule has 2 rings (SSSR count). The second kappa shape index (κ2) is 7.10. The molecule has 0 amide bonds. The molecule has 0 radical (unpaired) electrons. The number of ether oxygens (including phenoxy) is 1. The van der Waals surface area contributed by atoms with Gasteiger partial charge >= 0.3 is 5.97 Å². The number of Topliss-reactive ketones (excluding diaryl/α,β-unsaturated/α-hetero) is 1.